The molecule has 0 amide bonds. The van der Waals surface area contributed by atoms with Crippen LogP contribution < -0.4 is 9.47 Å². The van der Waals surface area contributed by atoms with Gasteiger partial charge in [0.05, 0.1) is 10.1 Å². The molecule has 0 aliphatic carbocycles. The van der Waals surface area contributed by atoms with Crippen LogP contribution in [0.5, 0.6) is 11.5 Å². The number of aryl methyl sites for hydroxylation is 2. The van der Waals surface area contributed by atoms with E-state index in [1.54, 1.807) is 11.3 Å². The van der Waals surface area contributed by atoms with Gasteiger partial charge in [0.1, 0.15) is 19.3 Å². The van der Waals surface area contributed by atoms with Crippen molar-refractivity contribution in [2.45, 2.75) is 26.4 Å². The van der Waals surface area contributed by atoms with Crippen molar-refractivity contribution in [3.8, 4) is 11.5 Å². The molecular weight excluding hydrogens is 304 g/mol. The molecule has 0 unspecified atom stereocenters. The molecule has 1 aliphatic rings. The lowest BCUT2D eigenvalue weighted by Gasteiger charge is -2.15. The molecule has 6 nitrogen and oxygen atoms in total. The topological polar surface area (TPSA) is 84.9 Å². The predicted molar refractivity (Wildman–Crippen MR) is 73.7 cm³/mol. The smallest absolute Gasteiger partial charge is 0.175 e. The van der Waals surface area contributed by atoms with Gasteiger partial charge in [0, 0.05) is 22.1 Å². The summed E-state index contributed by atoms with van der Waals surface area (Å²) in [4.78, 5) is 2.13. The van der Waals surface area contributed by atoms with E-state index in [1.807, 2.05) is 13.8 Å². The van der Waals surface area contributed by atoms with E-state index < -0.39 is 15.9 Å². The lowest BCUT2D eigenvalue weighted by atomic mass is 10.4. The van der Waals surface area contributed by atoms with Crippen molar-refractivity contribution in [3.05, 3.63) is 9.75 Å². The van der Waals surface area contributed by atoms with Crippen molar-refractivity contribution in [1.82, 2.24) is 0 Å². The van der Waals surface area contributed by atoms with E-state index in [0.29, 0.717) is 13.2 Å². The standard InChI is InChI=1S/C12H18O6S2/c1-8-11-12(9(2)19-8)18-7-10(6-17-11)16-4-3-5-20(13,14)15/h10H,3-7H2,1-2H3,(H,13,14,15)/p-1. The average Bonchev–Trinajstić information content (AvgIpc) is 2.52. The van der Waals surface area contributed by atoms with Crippen LogP contribution in [0.3, 0.4) is 0 Å². The zero-order valence-corrected chi connectivity index (χ0v) is 13.0. The summed E-state index contributed by atoms with van der Waals surface area (Å²) < 4.78 is 48.3. The highest BCUT2D eigenvalue weighted by Crippen LogP contribution is 2.42. The van der Waals surface area contributed by atoms with Crippen LogP contribution in [0.2, 0.25) is 0 Å². The van der Waals surface area contributed by atoms with E-state index in [2.05, 4.69) is 0 Å². The minimum atomic E-state index is -4.17. The zero-order chi connectivity index (χ0) is 14.8. The van der Waals surface area contributed by atoms with Crippen LogP contribution in [-0.2, 0) is 14.9 Å². The Hall–Kier alpha value is -0.830. The van der Waals surface area contributed by atoms with E-state index in [0.717, 1.165) is 21.3 Å². The number of hydrogen-bond donors (Lipinski definition) is 0. The molecule has 114 valence electrons. The molecule has 0 aromatic carbocycles. The van der Waals surface area contributed by atoms with Gasteiger partial charge in [-0.2, -0.15) is 0 Å². The molecule has 0 saturated heterocycles. The van der Waals surface area contributed by atoms with Gasteiger partial charge in [-0.25, -0.2) is 8.42 Å². The second-order valence-corrected chi connectivity index (χ2v) is 7.56. The maximum Gasteiger partial charge on any atom is 0.175 e. The van der Waals surface area contributed by atoms with Crippen LogP contribution in [0.15, 0.2) is 0 Å². The first-order valence-corrected chi connectivity index (χ1v) is 8.67. The van der Waals surface area contributed by atoms with E-state index >= 15 is 0 Å². The molecule has 8 heteroatoms. The van der Waals surface area contributed by atoms with E-state index in [4.69, 9.17) is 14.2 Å². The highest BCUT2D eigenvalue weighted by Gasteiger charge is 2.23. The Morgan fingerprint density at radius 2 is 1.80 bits per heavy atom. The second-order valence-electron chi connectivity index (χ2n) is 4.60. The molecule has 0 radical (unpaired) electrons. The Morgan fingerprint density at radius 3 is 2.30 bits per heavy atom. The zero-order valence-electron chi connectivity index (χ0n) is 11.4. The fourth-order valence-corrected chi connectivity index (χ4v) is 3.38. The van der Waals surface area contributed by atoms with Crippen LogP contribution in [0.25, 0.3) is 0 Å². The van der Waals surface area contributed by atoms with Crippen molar-refractivity contribution in [1.29, 1.82) is 0 Å². The molecule has 0 atom stereocenters. The molecular formula is C12H17O6S2-. The van der Waals surface area contributed by atoms with Crippen molar-refractivity contribution in [3.63, 3.8) is 0 Å². The highest BCUT2D eigenvalue weighted by atomic mass is 32.2. The van der Waals surface area contributed by atoms with Gasteiger partial charge in [-0.3, -0.25) is 0 Å². The molecule has 2 rings (SSSR count). The van der Waals surface area contributed by atoms with Gasteiger partial charge in [-0.05, 0) is 20.3 Å². The van der Waals surface area contributed by atoms with Gasteiger partial charge < -0.3 is 18.8 Å². The fraction of sp³-hybridized carbons (Fsp3) is 0.667. The summed E-state index contributed by atoms with van der Waals surface area (Å²) in [6.07, 6.45) is -0.0812. The molecule has 0 saturated carbocycles. The number of rotatable bonds is 5. The summed E-state index contributed by atoms with van der Waals surface area (Å²) in [5.74, 6) is 1.12. The SMILES string of the molecule is Cc1sc(C)c2c1OCC(OCCCS(=O)(=O)[O-])CO2. The maximum atomic E-state index is 10.5. The second kappa shape index (κ2) is 6.30. The van der Waals surface area contributed by atoms with E-state index in [9.17, 15) is 13.0 Å². The molecule has 0 fully saturated rings. The number of ether oxygens (including phenoxy) is 3. The first-order valence-electron chi connectivity index (χ1n) is 6.27. The average molecular weight is 321 g/mol. The van der Waals surface area contributed by atoms with Gasteiger partial charge in [0.25, 0.3) is 0 Å². The third kappa shape index (κ3) is 4.08. The summed E-state index contributed by atoms with van der Waals surface area (Å²) in [7, 11) is -4.17. The quantitative estimate of drug-likeness (QED) is 0.603. The summed E-state index contributed by atoms with van der Waals surface area (Å²) in [6, 6.07) is 0. The van der Waals surface area contributed by atoms with Gasteiger partial charge in [0.2, 0.25) is 0 Å². The molecule has 2 heterocycles. The Kier molecular flexibility index (Phi) is 4.90. The molecule has 20 heavy (non-hydrogen) atoms. The Balaban J connectivity index is 1.82. The van der Waals surface area contributed by atoms with Crippen LogP contribution in [0.1, 0.15) is 16.2 Å². The van der Waals surface area contributed by atoms with Crippen molar-refractivity contribution in [2.24, 2.45) is 0 Å². The minimum absolute atomic E-state index is 0.182. The fourth-order valence-electron chi connectivity index (χ4n) is 1.96. The minimum Gasteiger partial charge on any atom is -0.748 e. The van der Waals surface area contributed by atoms with Crippen molar-refractivity contribution in [2.75, 3.05) is 25.6 Å². The van der Waals surface area contributed by atoms with Gasteiger partial charge in [0.15, 0.2) is 11.5 Å². The summed E-state index contributed by atoms with van der Waals surface area (Å²) in [5, 5.41) is 0. The normalized spacial score (nSPS) is 16.1. The first-order chi connectivity index (χ1) is 9.37. The van der Waals surface area contributed by atoms with Crippen molar-refractivity contribution >= 4 is 21.5 Å². The van der Waals surface area contributed by atoms with Gasteiger partial charge in [-0.15, -0.1) is 11.3 Å². The van der Waals surface area contributed by atoms with Gasteiger partial charge >= 0.3 is 0 Å². The molecule has 0 bridgehead atoms. The third-order valence-corrected chi connectivity index (χ3v) is 4.64. The van der Waals surface area contributed by atoms with Crippen LogP contribution in [0.4, 0.5) is 0 Å². The number of thiophene rings is 1. The maximum absolute atomic E-state index is 10.5. The molecule has 1 aromatic rings. The number of hydrogen-bond acceptors (Lipinski definition) is 7. The van der Waals surface area contributed by atoms with Crippen molar-refractivity contribution < 1.29 is 27.2 Å². The van der Waals surface area contributed by atoms with Crippen LogP contribution in [-0.4, -0.2) is 44.6 Å². The lowest BCUT2D eigenvalue weighted by Crippen LogP contribution is -2.27. The molecule has 1 aliphatic heterocycles. The third-order valence-electron chi connectivity index (χ3n) is 2.87. The molecule has 1 aromatic heterocycles. The summed E-state index contributed by atoms with van der Waals surface area (Å²) in [5.41, 5.74) is 0. The molecule has 0 spiro atoms. The highest BCUT2D eigenvalue weighted by molar-refractivity contribution is 7.85. The largest absolute Gasteiger partial charge is 0.748 e. The first kappa shape index (κ1) is 15.6. The van der Waals surface area contributed by atoms with Crippen LogP contribution >= 0.6 is 11.3 Å². The monoisotopic (exact) mass is 321 g/mol. The number of fused-ring (bicyclic) bond motifs is 1. The summed E-state index contributed by atoms with van der Waals surface area (Å²) >= 11 is 1.63. The predicted octanol–water partition coefficient (Wildman–Crippen LogP) is 1.46. The lowest BCUT2D eigenvalue weighted by molar-refractivity contribution is 0.00308. The van der Waals surface area contributed by atoms with Gasteiger partial charge in [-0.1, -0.05) is 0 Å². The summed E-state index contributed by atoms with van der Waals surface area (Å²) in [6.45, 7) is 4.85. The van der Waals surface area contributed by atoms with E-state index in [-0.39, 0.29) is 19.1 Å². The Labute approximate surface area is 122 Å². The van der Waals surface area contributed by atoms with E-state index in [1.165, 1.54) is 0 Å². The van der Waals surface area contributed by atoms with Crippen LogP contribution in [0, 0.1) is 13.8 Å². The molecule has 0 N–H and O–H groups in total. The Bertz CT molecular complexity index is 534. The Morgan fingerprint density at radius 1 is 1.25 bits per heavy atom.